The Balaban J connectivity index is 1.98. The number of aliphatic hydroxyl groups is 1. The Hall–Kier alpha value is -1.12. The summed E-state index contributed by atoms with van der Waals surface area (Å²) < 4.78 is 0. The number of rotatable bonds is 3. The molecule has 1 aromatic rings. The summed E-state index contributed by atoms with van der Waals surface area (Å²) in [5.41, 5.74) is -0.123. The molecular formula is C17H19ClO2. The zero-order valence-electron chi connectivity index (χ0n) is 11.7. The van der Waals surface area contributed by atoms with Crippen molar-refractivity contribution >= 4 is 17.4 Å². The van der Waals surface area contributed by atoms with Crippen LogP contribution in [0.2, 0.25) is 5.02 Å². The molecule has 1 saturated carbocycles. The Morgan fingerprint density at radius 3 is 2.40 bits per heavy atom. The topological polar surface area (TPSA) is 37.3 Å². The molecule has 106 valence electrons. The fourth-order valence-corrected chi connectivity index (χ4v) is 3.85. The molecule has 2 bridgehead atoms. The SMILES string of the molecule is CC(C)(O)C(=O)[C@H]1[C@H](c2ccc(Cl)cc2)[C@H]2C=C[C@@H]1C2. The molecule has 0 aliphatic heterocycles. The second kappa shape index (κ2) is 4.71. The number of allylic oxidation sites excluding steroid dienone is 2. The molecule has 4 atom stereocenters. The van der Waals surface area contributed by atoms with Crippen LogP contribution in [0.4, 0.5) is 0 Å². The number of benzene rings is 1. The third kappa shape index (κ3) is 2.21. The number of hydrogen-bond donors (Lipinski definition) is 1. The van der Waals surface area contributed by atoms with E-state index in [0.29, 0.717) is 10.9 Å². The zero-order chi connectivity index (χ0) is 14.5. The Labute approximate surface area is 124 Å². The van der Waals surface area contributed by atoms with E-state index in [0.717, 1.165) is 12.0 Å². The number of Topliss-reactive ketones (excluding diaryl/α,β-unsaturated/α-hetero) is 1. The molecule has 3 rings (SSSR count). The highest BCUT2D eigenvalue weighted by Crippen LogP contribution is 2.54. The second-order valence-corrected chi connectivity index (χ2v) is 6.91. The van der Waals surface area contributed by atoms with Gasteiger partial charge in [-0.05, 0) is 49.8 Å². The van der Waals surface area contributed by atoms with Crippen molar-refractivity contribution in [2.75, 3.05) is 0 Å². The monoisotopic (exact) mass is 290 g/mol. The summed E-state index contributed by atoms with van der Waals surface area (Å²) in [6.45, 7) is 3.17. The molecule has 2 aliphatic carbocycles. The Kier molecular flexibility index (Phi) is 3.26. The predicted molar refractivity (Wildman–Crippen MR) is 79.7 cm³/mol. The van der Waals surface area contributed by atoms with Gasteiger partial charge in [-0.25, -0.2) is 0 Å². The van der Waals surface area contributed by atoms with Crippen LogP contribution >= 0.6 is 11.6 Å². The van der Waals surface area contributed by atoms with Gasteiger partial charge in [0.2, 0.25) is 0 Å². The molecule has 0 amide bonds. The van der Waals surface area contributed by atoms with E-state index in [1.54, 1.807) is 13.8 Å². The van der Waals surface area contributed by atoms with Crippen molar-refractivity contribution in [2.45, 2.75) is 31.8 Å². The van der Waals surface area contributed by atoms with Crippen molar-refractivity contribution in [1.29, 1.82) is 0 Å². The van der Waals surface area contributed by atoms with Crippen LogP contribution < -0.4 is 0 Å². The normalized spacial score (nSPS) is 31.8. The predicted octanol–water partition coefficient (Wildman–Crippen LogP) is 3.59. The standard InChI is InChI=1S/C17H19ClO2/c1-17(2,20)16(19)15-12-4-3-11(9-12)14(15)10-5-7-13(18)8-6-10/h3-8,11-12,14-15,20H,9H2,1-2H3/t11-,12+,14+,15+/m0/s1. The lowest BCUT2D eigenvalue weighted by molar-refractivity contribution is -0.139. The Morgan fingerprint density at radius 1 is 1.20 bits per heavy atom. The maximum absolute atomic E-state index is 12.6. The highest BCUT2D eigenvalue weighted by atomic mass is 35.5. The summed E-state index contributed by atoms with van der Waals surface area (Å²) >= 11 is 5.95. The zero-order valence-corrected chi connectivity index (χ0v) is 12.5. The van der Waals surface area contributed by atoms with Crippen molar-refractivity contribution in [1.82, 2.24) is 0 Å². The summed E-state index contributed by atoms with van der Waals surface area (Å²) in [5.74, 6) is 0.666. The number of fused-ring (bicyclic) bond motifs is 2. The molecule has 0 saturated heterocycles. The lowest BCUT2D eigenvalue weighted by Gasteiger charge is -2.31. The summed E-state index contributed by atoms with van der Waals surface area (Å²) in [6.07, 6.45) is 5.38. The lowest BCUT2D eigenvalue weighted by atomic mass is 9.73. The van der Waals surface area contributed by atoms with E-state index in [4.69, 9.17) is 11.6 Å². The van der Waals surface area contributed by atoms with Crippen LogP contribution in [-0.4, -0.2) is 16.5 Å². The molecule has 2 nitrogen and oxygen atoms in total. The highest BCUT2D eigenvalue weighted by Gasteiger charge is 2.51. The van der Waals surface area contributed by atoms with Gasteiger partial charge in [0.1, 0.15) is 5.60 Å². The van der Waals surface area contributed by atoms with Gasteiger partial charge in [0, 0.05) is 16.9 Å². The average Bonchev–Trinajstić information content (AvgIpc) is 2.98. The number of halogens is 1. The van der Waals surface area contributed by atoms with Crippen molar-refractivity contribution in [3.63, 3.8) is 0 Å². The first-order chi connectivity index (χ1) is 9.38. The van der Waals surface area contributed by atoms with E-state index >= 15 is 0 Å². The molecule has 0 heterocycles. The first kappa shape index (κ1) is 13.8. The first-order valence-corrected chi connectivity index (χ1v) is 7.46. The van der Waals surface area contributed by atoms with Crippen LogP contribution in [0, 0.1) is 17.8 Å². The molecule has 1 N–H and O–H groups in total. The van der Waals surface area contributed by atoms with Crippen LogP contribution in [0.25, 0.3) is 0 Å². The molecule has 1 fully saturated rings. The van der Waals surface area contributed by atoms with Gasteiger partial charge in [-0.3, -0.25) is 4.79 Å². The molecular weight excluding hydrogens is 272 g/mol. The summed E-state index contributed by atoms with van der Waals surface area (Å²) in [6, 6.07) is 7.76. The largest absolute Gasteiger partial charge is 0.383 e. The van der Waals surface area contributed by atoms with Gasteiger partial charge in [-0.1, -0.05) is 35.9 Å². The van der Waals surface area contributed by atoms with E-state index in [9.17, 15) is 9.90 Å². The van der Waals surface area contributed by atoms with Crippen molar-refractivity contribution in [3.8, 4) is 0 Å². The summed E-state index contributed by atoms with van der Waals surface area (Å²) in [4.78, 5) is 12.6. The highest BCUT2D eigenvalue weighted by molar-refractivity contribution is 6.30. The third-order valence-electron chi connectivity index (χ3n) is 4.62. The second-order valence-electron chi connectivity index (χ2n) is 6.47. The molecule has 0 aromatic heterocycles. The van der Waals surface area contributed by atoms with Crippen LogP contribution in [0.1, 0.15) is 31.7 Å². The Morgan fingerprint density at radius 2 is 1.80 bits per heavy atom. The fraction of sp³-hybridized carbons (Fsp3) is 0.471. The van der Waals surface area contributed by atoms with E-state index in [2.05, 4.69) is 12.2 Å². The van der Waals surface area contributed by atoms with Gasteiger partial charge in [-0.2, -0.15) is 0 Å². The quantitative estimate of drug-likeness (QED) is 0.864. The number of ketones is 1. The third-order valence-corrected chi connectivity index (χ3v) is 4.87. The van der Waals surface area contributed by atoms with Crippen LogP contribution in [-0.2, 0) is 4.79 Å². The van der Waals surface area contributed by atoms with Gasteiger partial charge < -0.3 is 5.11 Å². The van der Waals surface area contributed by atoms with Crippen LogP contribution in [0.3, 0.4) is 0 Å². The Bertz CT molecular complexity index is 553. The fourth-order valence-electron chi connectivity index (χ4n) is 3.73. The maximum Gasteiger partial charge on any atom is 0.168 e. The van der Waals surface area contributed by atoms with Gasteiger partial charge in [0.25, 0.3) is 0 Å². The smallest absolute Gasteiger partial charge is 0.168 e. The van der Waals surface area contributed by atoms with E-state index in [1.165, 1.54) is 0 Å². The molecule has 0 unspecified atom stereocenters. The van der Waals surface area contributed by atoms with E-state index in [1.807, 2.05) is 24.3 Å². The van der Waals surface area contributed by atoms with Crippen molar-refractivity contribution < 1.29 is 9.90 Å². The van der Waals surface area contributed by atoms with Gasteiger partial charge in [0.05, 0.1) is 0 Å². The van der Waals surface area contributed by atoms with Gasteiger partial charge >= 0.3 is 0 Å². The first-order valence-electron chi connectivity index (χ1n) is 7.08. The average molecular weight is 291 g/mol. The molecule has 20 heavy (non-hydrogen) atoms. The molecule has 0 radical (unpaired) electrons. The van der Waals surface area contributed by atoms with Gasteiger partial charge in [0.15, 0.2) is 5.78 Å². The molecule has 2 aliphatic rings. The summed E-state index contributed by atoms with van der Waals surface area (Å²) in [5, 5.41) is 10.8. The van der Waals surface area contributed by atoms with E-state index < -0.39 is 5.60 Å². The minimum absolute atomic E-state index is 0.0469. The number of carbonyl (C=O) groups is 1. The van der Waals surface area contributed by atoms with Crippen LogP contribution in [0.15, 0.2) is 36.4 Å². The molecule has 1 aromatic carbocycles. The molecule has 0 spiro atoms. The van der Waals surface area contributed by atoms with Crippen LogP contribution in [0.5, 0.6) is 0 Å². The van der Waals surface area contributed by atoms with Crippen molar-refractivity contribution in [2.24, 2.45) is 17.8 Å². The number of carbonyl (C=O) groups excluding carboxylic acids is 1. The lowest BCUT2D eigenvalue weighted by Crippen LogP contribution is -2.40. The minimum Gasteiger partial charge on any atom is -0.383 e. The molecule has 3 heteroatoms. The van der Waals surface area contributed by atoms with E-state index in [-0.39, 0.29) is 23.5 Å². The number of hydrogen-bond acceptors (Lipinski definition) is 2. The van der Waals surface area contributed by atoms with Crippen molar-refractivity contribution in [3.05, 3.63) is 47.0 Å². The minimum atomic E-state index is -1.27. The van der Waals surface area contributed by atoms with Gasteiger partial charge in [-0.15, -0.1) is 0 Å². The summed E-state index contributed by atoms with van der Waals surface area (Å²) in [7, 11) is 0. The maximum atomic E-state index is 12.6.